The molecule has 0 aliphatic rings. The van der Waals surface area contributed by atoms with Crippen LogP contribution in [0.15, 0.2) is 39.6 Å². The molecular formula is C10H10O3. The normalized spacial score (nSPS) is 10.5. The lowest BCUT2D eigenvalue weighted by Gasteiger charge is -1.94. The molecule has 0 bridgehead atoms. The second kappa shape index (κ2) is 3.39. The average molecular weight is 178 g/mol. The first-order valence-corrected chi connectivity index (χ1v) is 4.14. The van der Waals surface area contributed by atoms with Crippen molar-refractivity contribution in [3.8, 4) is 5.75 Å². The highest BCUT2D eigenvalue weighted by atomic mass is 16.4. The number of aromatic hydroxyl groups is 1. The Bertz CT molecular complexity index is 359. The number of rotatable bonds is 3. The maximum atomic E-state index is 9.25. The van der Waals surface area contributed by atoms with Gasteiger partial charge in [-0.25, -0.2) is 0 Å². The lowest BCUT2D eigenvalue weighted by molar-refractivity contribution is 0.424. The Morgan fingerprint density at radius 2 is 2.00 bits per heavy atom. The van der Waals surface area contributed by atoms with Gasteiger partial charge in [-0.1, -0.05) is 0 Å². The van der Waals surface area contributed by atoms with Crippen molar-refractivity contribution in [1.82, 2.24) is 0 Å². The standard InChI is InChI=1S/C10H10O3/c11-9-5-7-13-10(9)4-3-8-2-1-6-12-8/h1-2,5-7,11H,3-4H2. The Balaban J connectivity index is 1.97. The highest BCUT2D eigenvalue weighted by Crippen LogP contribution is 2.19. The smallest absolute Gasteiger partial charge is 0.156 e. The summed E-state index contributed by atoms with van der Waals surface area (Å²) in [6.45, 7) is 0. The first-order valence-electron chi connectivity index (χ1n) is 4.14. The summed E-state index contributed by atoms with van der Waals surface area (Å²) in [5.41, 5.74) is 0. The molecule has 2 heterocycles. The van der Waals surface area contributed by atoms with Crippen molar-refractivity contribution in [2.75, 3.05) is 0 Å². The predicted molar refractivity (Wildman–Crippen MR) is 46.5 cm³/mol. The molecule has 0 aromatic carbocycles. The molecule has 0 aliphatic heterocycles. The topological polar surface area (TPSA) is 46.5 Å². The molecule has 0 amide bonds. The number of furan rings is 2. The lowest BCUT2D eigenvalue weighted by atomic mass is 10.2. The van der Waals surface area contributed by atoms with E-state index in [4.69, 9.17) is 8.83 Å². The van der Waals surface area contributed by atoms with Gasteiger partial charge in [0.1, 0.15) is 11.5 Å². The summed E-state index contributed by atoms with van der Waals surface area (Å²) < 4.78 is 10.2. The summed E-state index contributed by atoms with van der Waals surface area (Å²) in [5.74, 6) is 1.72. The molecule has 0 fully saturated rings. The summed E-state index contributed by atoms with van der Waals surface area (Å²) >= 11 is 0. The van der Waals surface area contributed by atoms with E-state index in [9.17, 15) is 5.11 Å². The van der Waals surface area contributed by atoms with Gasteiger partial charge in [0.2, 0.25) is 0 Å². The fourth-order valence-electron chi connectivity index (χ4n) is 1.21. The largest absolute Gasteiger partial charge is 0.504 e. The SMILES string of the molecule is Oc1ccoc1CCc1ccco1. The highest BCUT2D eigenvalue weighted by Gasteiger charge is 2.05. The molecule has 0 spiro atoms. The second-order valence-corrected chi connectivity index (χ2v) is 2.81. The third kappa shape index (κ3) is 1.75. The van der Waals surface area contributed by atoms with Crippen LogP contribution >= 0.6 is 0 Å². The van der Waals surface area contributed by atoms with Crippen molar-refractivity contribution >= 4 is 0 Å². The van der Waals surface area contributed by atoms with Gasteiger partial charge in [0.25, 0.3) is 0 Å². The number of hydrogen-bond acceptors (Lipinski definition) is 3. The van der Waals surface area contributed by atoms with Crippen molar-refractivity contribution in [2.24, 2.45) is 0 Å². The maximum Gasteiger partial charge on any atom is 0.156 e. The van der Waals surface area contributed by atoms with Crippen LogP contribution in [-0.4, -0.2) is 5.11 Å². The monoisotopic (exact) mass is 178 g/mol. The predicted octanol–water partition coefficient (Wildman–Crippen LogP) is 2.36. The van der Waals surface area contributed by atoms with Crippen molar-refractivity contribution in [1.29, 1.82) is 0 Å². The summed E-state index contributed by atoms with van der Waals surface area (Å²) in [5, 5.41) is 9.25. The molecule has 1 N–H and O–H groups in total. The summed E-state index contributed by atoms with van der Waals surface area (Å²) in [7, 11) is 0. The van der Waals surface area contributed by atoms with Crippen molar-refractivity contribution < 1.29 is 13.9 Å². The Kier molecular flexibility index (Phi) is 2.08. The van der Waals surface area contributed by atoms with Gasteiger partial charge in [0, 0.05) is 18.9 Å². The van der Waals surface area contributed by atoms with Crippen LogP contribution in [0.5, 0.6) is 5.75 Å². The third-order valence-electron chi connectivity index (χ3n) is 1.90. The van der Waals surface area contributed by atoms with Crippen LogP contribution in [0.1, 0.15) is 11.5 Å². The van der Waals surface area contributed by atoms with E-state index in [0.29, 0.717) is 12.2 Å². The van der Waals surface area contributed by atoms with Gasteiger partial charge >= 0.3 is 0 Å². The Hall–Kier alpha value is -1.64. The third-order valence-corrected chi connectivity index (χ3v) is 1.90. The number of aryl methyl sites for hydroxylation is 2. The Morgan fingerprint density at radius 3 is 2.62 bits per heavy atom. The van der Waals surface area contributed by atoms with Crippen LogP contribution in [0.4, 0.5) is 0 Å². The molecule has 0 unspecified atom stereocenters. The van der Waals surface area contributed by atoms with Gasteiger partial charge in [0.15, 0.2) is 5.75 Å². The van der Waals surface area contributed by atoms with Gasteiger partial charge in [0.05, 0.1) is 12.5 Å². The quantitative estimate of drug-likeness (QED) is 0.784. The van der Waals surface area contributed by atoms with Crippen LogP contribution < -0.4 is 0 Å². The minimum atomic E-state index is 0.214. The molecule has 13 heavy (non-hydrogen) atoms. The second-order valence-electron chi connectivity index (χ2n) is 2.81. The molecule has 0 radical (unpaired) electrons. The van der Waals surface area contributed by atoms with Crippen LogP contribution in [0.2, 0.25) is 0 Å². The zero-order valence-corrected chi connectivity index (χ0v) is 7.06. The maximum absolute atomic E-state index is 9.25. The van der Waals surface area contributed by atoms with E-state index in [0.717, 1.165) is 12.2 Å². The van der Waals surface area contributed by atoms with E-state index in [-0.39, 0.29) is 5.75 Å². The van der Waals surface area contributed by atoms with E-state index < -0.39 is 0 Å². The van der Waals surface area contributed by atoms with Crippen molar-refractivity contribution in [3.63, 3.8) is 0 Å². The van der Waals surface area contributed by atoms with E-state index in [1.54, 1.807) is 6.26 Å². The first-order chi connectivity index (χ1) is 6.36. The fraction of sp³-hybridized carbons (Fsp3) is 0.200. The fourth-order valence-corrected chi connectivity index (χ4v) is 1.21. The van der Waals surface area contributed by atoms with Gasteiger partial charge in [-0.2, -0.15) is 0 Å². The van der Waals surface area contributed by atoms with Gasteiger partial charge < -0.3 is 13.9 Å². The minimum absolute atomic E-state index is 0.214. The van der Waals surface area contributed by atoms with E-state index in [1.165, 1.54) is 12.3 Å². The van der Waals surface area contributed by atoms with Crippen LogP contribution in [0.3, 0.4) is 0 Å². The van der Waals surface area contributed by atoms with Crippen molar-refractivity contribution in [3.05, 3.63) is 42.2 Å². The zero-order valence-electron chi connectivity index (χ0n) is 7.06. The minimum Gasteiger partial charge on any atom is -0.504 e. The lowest BCUT2D eigenvalue weighted by Crippen LogP contribution is -1.87. The molecule has 2 aromatic rings. The van der Waals surface area contributed by atoms with Crippen LogP contribution in [-0.2, 0) is 12.8 Å². The van der Waals surface area contributed by atoms with Gasteiger partial charge in [-0.3, -0.25) is 0 Å². The summed E-state index contributed by atoms with van der Waals surface area (Å²) in [4.78, 5) is 0. The molecule has 0 aliphatic carbocycles. The van der Waals surface area contributed by atoms with E-state index in [1.807, 2.05) is 12.1 Å². The molecule has 3 nitrogen and oxygen atoms in total. The Labute approximate surface area is 75.6 Å². The number of hydrogen-bond donors (Lipinski definition) is 1. The molecule has 0 saturated heterocycles. The van der Waals surface area contributed by atoms with Crippen LogP contribution in [0.25, 0.3) is 0 Å². The van der Waals surface area contributed by atoms with E-state index >= 15 is 0 Å². The summed E-state index contributed by atoms with van der Waals surface area (Å²) in [6.07, 6.45) is 4.52. The first kappa shape index (κ1) is 7.98. The molecule has 0 atom stereocenters. The van der Waals surface area contributed by atoms with Crippen molar-refractivity contribution in [2.45, 2.75) is 12.8 Å². The zero-order chi connectivity index (χ0) is 9.10. The Morgan fingerprint density at radius 1 is 1.08 bits per heavy atom. The summed E-state index contributed by atoms with van der Waals surface area (Å²) in [6, 6.07) is 5.29. The highest BCUT2D eigenvalue weighted by molar-refractivity contribution is 5.23. The molecule has 0 saturated carbocycles. The molecule has 68 valence electrons. The van der Waals surface area contributed by atoms with Gasteiger partial charge in [-0.15, -0.1) is 0 Å². The van der Waals surface area contributed by atoms with Crippen LogP contribution in [0, 0.1) is 0 Å². The molecular weight excluding hydrogens is 168 g/mol. The van der Waals surface area contributed by atoms with Gasteiger partial charge in [-0.05, 0) is 12.1 Å². The average Bonchev–Trinajstić information content (AvgIpc) is 2.72. The molecule has 3 heteroatoms. The van der Waals surface area contributed by atoms with E-state index in [2.05, 4.69) is 0 Å². The molecule has 2 aromatic heterocycles. The molecule has 2 rings (SSSR count).